The summed E-state index contributed by atoms with van der Waals surface area (Å²) in [5, 5.41) is 0. The molecular weight excluding hydrogens is 314 g/mol. The van der Waals surface area contributed by atoms with Gasteiger partial charge in [-0.15, -0.1) is 0 Å². The van der Waals surface area contributed by atoms with Gasteiger partial charge in [0.1, 0.15) is 5.75 Å². The molecule has 128 valence electrons. The van der Waals surface area contributed by atoms with Crippen LogP contribution < -0.4 is 4.18 Å². The Balaban J connectivity index is 2.12. The van der Waals surface area contributed by atoms with Crippen LogP contribution in [0.15, 0.2) is 24.3 Å². The molecule has 0 atom stereocenters. The van der Waals surface area contributed by atoms with Crippen LogP contribution in [0.1, 0.15) is 45.6 Å². The maximum absolute atomic E-state index is 12.5. The molecule has 0 radical (unpaired) electrons. The first kappa shape index (κ1) is 17.8. The molecule has 1 aliphatic carbocycles. The summed E-state index contributed by atoms with van der Waals surface area (Å²) in [7, 11) is -3.54. The van der Waals surface area contributed by atoms with Crippen LogP contribution in [0.25, 0.3) is 0 Å². The van der Waals surface area contributed by atoms with Crippen LogP contribution in [-0.2, 0) is 21.5 Å². The molecule has 1 fully saturated rings. The number of hydrogen-bond acceptors (Lipinski definition) is 4. The third-order valence-electron chi connectivity index (χ3n) is 4.19. The highest BCUT2D eigenvalue weighted by Gasteiger charge is 2.30. The predicted molar refractivity (Wildman–Crippen MR) is 89.6 cm³/mol. The summed E-state index contributed by atoms with van der Waals surface area (Å²) in [6.07, 6.45) is 3.07. The molecule has 0 aromatic heterocycles. The minimum absolute atomic E-state index is 0.0739. The molecule has 0 saturated heterocycles. The first-order chi connectivity index (χ1) is 10.8. The van der Waals surface area contributed by atoms with Gasteiger partial charge in [0.2, 0.25) is 5.91 Å². The van der Waals surface area contributed by atoms with Crippen molar-refractivity contribution in [3.8, 4) is 5.75 Å². The lowest BCUT2D eigenvalue weighted by Gasteiger charge is -2.34. The number of amides is 1. The first-order valence-electron chi connectivity index (χ1n) is 8.14. The predicted octanol–water partition coefficient (Wildman–Crippen LogP) is 2.95. The summed E-state index contributed by atoms with van der Waals surface area (Å²) >= 11 is 0. The Kier molecular flexibility index (Phi) is 5.68. The quantitative estimate of drug-likeness (QED) is 0.717. The van der Waals surface area contributed by atoms with E-state index in [9.17, 15) is 13.2 Å². The van der Waals surface area contributed by atoms with Crippen LogP contribution in [0.3, 0.4) is 0 Å². The number of carbonyl (C=O) groups excluding carboxylic acids is 1. The molecular formula is C17H25NO4S. The van der Waals surface area contributed by atoms with Crippen LogP contribution in [0.4, 0.5) is 0 Å². The van der Waals surface area contributed by atoms with Crippen molar-refractivity contribution in [3.63, 3.8) is 0 Å². The van der Waals surface area contributed by atoms with E-state index in [-0.39, 0.29) is 23.6 Å². The molecule has 1 amide bonds. The highest BCUT2D eigenvalue weighted by Crippen LogP contribution is 2.29. The van der Waals surface area contributed by atoms with Gasteiger partial charge in [0.05, 0.1) is 5.75 Å². The zero-order chi connectivity index (χ0) is 17.0. The Labute approximate surface area is 138 Å². The molecule has 0 spiro atoms. The van der Waals surface area contributed by atoms with Crippen molar-refractivity contribution in [2.24, 2.45) is 5.92 Å². The fraction of sp³-hybridized carbons (Fsp3) is 0.588. The second-order valence-corrected chi connectivity index (χ2v) is 8.12. The average Bonchev–Trinajstić information content (AvgIpc) is 2.42. The van der Waals surface area contributed by atoms with Gasteiger partial charge < -0.3 is 9.08 Å². The molecule has 1 aromatic carbocycles. The number of nitrogens with zero attached hydrogens (tertiary/aromatic N) is 1. The molecule has 0 aliphatic heterocycles. The van der Waals surface area contributed by atoms with E-state index in [1.807, 2.05) is 24.8 Å². The Morgan fingerprint density at radius 3 is 2.57 bits per heavy atom. The van der Waals surface area contributed by atoms with Crippen LogP contribution in [0, 0.1) is 5.92 Å². The summed E-state index contributed by atoms with van der Waals surface area (Å²) in [4.78, 5) is 14.4. The van der Waals surface area contributed by atoms with E-state index in [4.69, 9.17) is 4.18 Å². The largest absolute Gasteiger partial charge is 0.382 e. The zero-order valence-corrected chi connectivity index (χ0v) is 14.8. The lowest BCUT2D eigenvalue weighted by molar-refractivity contribution is -0.140. The fourth-order valence-corrected chi connectivity index (χ4v) is 3.02. The average molecular weight is 339 g/mol. The topological polar surface area (TPSA) is 63.7 Å². The Bertz CT molecular complexity index is 650. The molecule has 23 heavy (non-hydrogen) atoms. The van der Waals surface area contributed by atoms with Crippen molar-refractivity contribution in [1.82, 2.24) is 4.90 Å². The van der Waals surface area contributed by atoms with Gasteiger partial charge in [0.15, 0.2) is 0 Å². The zero-order valence-electron chi connectivity index (χ0n) is 14.0. The van der Waals surface area contributed by atoms with Crippen molar-refractivity contribution in [2.45, 2.75) is 52.6 Å². The van der Waals surface area contributed by atoms with Gasteiger partial charge in [-0.3, -0.25) is 4.79 Å². The van der Waals surface area contributed by atoms with E-state index in [2.05, 4.69) is 0 Å². The molecule has 0 N–H and O–H groups in total. The van der Waals surface area contributed by atoms with Gasteiger partial charge in [-0.1, -0.05) is 18.6 Å². The van der Waals surface area contributed by atoms with Gasteiger partial charge in [-0.25, -0.2) is 0 Å². The Hall–Kier alpha value is -1.56. The van der Waals surface area contributed by atoms with Gasteiger partial charge in [0, 0.05) is 18.5 Å². The van der Waals surface area contributed by atoms with Gasteiger partial charge in [0.25, 0.3) is 0 Å². The second kappa shape index (κ2) is 7.34. The molecule has 2 rings (SSSR count). The monoisotopic (exact) mass is 339 g/mol. The lowest BCUT2D eigenvalue weighted by Crippen LogP contribution is -2.42. The summed E-state index contributed by atoms with van der Waals surface area (Å²) in [6.45, 7) is 6.00. The van der Waals surface area contributed by atoms with Crippen molar-refractivity contribution in [3.05, 3.63) is 29.8 Å². The summed E-state index contributed by atoms with van der Waals surface area (Å²) in [5.74, 6) is 0.565. The number of carbonyl (C=O) groups is 1. The lowest BCUT2D eigenvalue weighted by atomic mass is 9.84. The maximum Gasteiger partial charge on any atom is 0.308 e. The fourth-order valence-electron chi connectivity index (χ4n) is 2.50. The Morgan fingerprint density at radius 2 is 2.04 bits per heavy atom. The van der Waals surface area contributed by atoms with Crippen molar-refractivity contribution >= 4 is 16.0 Å². The number of benzene rings is 1. The summed E-state index contributed by atoms with van der Waals surface area (Å²) in [5.41, 5.74) is 0.871. The summed E-state index contributed by atoms with van der Waals surface area (Å²) in [6, 6.07) is 7.05. The number of rotatable bonds is 7. The van der Waals surface area contributed by atoms with Gasteiger partial charge in [-0.05, 0) is 51.3 Å². The van der Waals surface area contributed by atoms with E-state index in [0.717, 1.165) is 24.8 Å². The van der Waals surface area contributed by atoms with E-state index >= 15 is 0 Å². The SMILES string of the molecule is CCS(=O)(=O)Oc1cccc(CN(C(=O)C2CCC2)C(C)C)c1. The third-order valence-corrected chi connectivity index (χ3v) is 5.34. The highest BCUT2D eigenvalue weighted by atomic mass is 32.2. The minimum Gasteiger partial charge on any atom is -0.382 e. The highest BCUT2D eigenvalue weighted by molar-refractivity contribution is 7.87. The van der Waals surface area contributed by atoms with Crippen LogP contribution >= 0.6 is 0 Å². The normalized spacial score (nSPS) is 15.3. The molecule has 0 heterocycles. The van der Waals surface area contributed by atoms with E-state index in [1.165, 1.54) is 6.92 Å². The van der Waals surface area contributed by atoms with Crippen LogP contribution in [-0.4, -0.2) is 31.0 Å². The standard InChI is InChI=1S/C17H25NO4S/c1-4-23(20,21)22-16-10-5-7-14(11-16)12-18(13(2)3)17(19)15-8-6-9-15/h5,7,10-11,13,15H,4,6,8-9,12H2,1-3H3. The molecule has 0 bridgehead atoms. The van der Waals surface area contributed by atoms with Crippen molar-refractivity contribution in [2.75, 3.05) is 5.75 Å². The molecule has 6 heteroatoms. The smallest absolute Gasteiger partial charge is 0.308 e. The van der Waals surface area contributed by atoms with E-state index in [1.54, 1.807) is 18.2 Å². The minimum atomic E-state index is -3.54. The summed E-state index contributed by atoms with van der Waals surface area (Å²) < 4.78 is 28.2. The molecule has 0 unspecified atom stereocenters. The Morgan fingerprint density at radius 1 is 1.35 bits per heavy atom. The van der Waals surface area contributed by atoms with E-state index < -0.39 is 10.1 Å². The third kappa shape index (κ3) is 4.70. The van der Waals surface area contributed by atoms with Crippen LogP contribution in [0.5, 0.6) is 5.75 Å². The maximum atomic E-state index is 12.5. The van der Waals surface area contributed by atoms with Crippen molar-refractivity contribution < 1.29 is 17.4 Å². The molecule has 5 nitrogen and oxygen atoms in total. The van der Waals surface area contributed by atoms with Crippen molar-refractivity contribution in [1.29, 1.82) is 0 Å². The molecule has 1 saturated carbocycles. The van der Waals surface area contributed by atoms with Gasteiger partial charge >= 0.3 is 10.1 Å². The number of hydrogen-bond donors (Lipinski definition) is 0. The van der Waals surface area contributed by atoms with Crippen LogP contribution in [0.2, 0.25) is 0 Å². The molecule has 1 aliphatic rings. The van der Waals surface area contributed by atoms with Gasteiger partial charge in [-0.2, -0.15) is 8.42 Å². The first-order valence-corrected chi connectivity index (χ1v) is 9.71. The van der Waals surface area contributed by atoms with E-state index in [0.29, 0.717) is 12.3 Å². The molecule has 1 aromatic rings. The second-order valence-electron chi connectivity index (χ2n) is 6.26.